The van der Waals surface area contributed by atoms with E-state index in [9.17, 15) is 8.78 Å². The van der Waals surface area contributed by atoms with Crippen LogP contribution >= 0.6 is 23.2 Å². The molecule has 0 saturated carbocycles. The predicted octanol–water partition coefficient (Wildman–Crippen LogP) is 4.22. The molecule has 0 aliphatic rings. The second-order valence-corrected chi connectivity index (χ2v) is 6.34. The number of benzene rings is 2. The smallest absolute Gasteiger partial charge is 0.387 e. The normalized spacial score (nSPS) is 11.5. The van der Waals surface area contributed by atoms with Gasteiger partial charge >= 0.3 is 6.61 Å². The summed E-state index contributed by atoms with van der Waals surface area (Å²) < 4.78 is 40.1. The Morgan fingerprint density at radius 2 is 1.86 bits per heavy atom. The molecule has 152 valence electrons. The Bertz CT molecular complexity index is 851. The van der Waals surface area contributed by atoms with Crippen molar-refractivity contribution in [2.45, 2.75) is 19.7 Å². The van der Waals surface area contributed by atoms with Crippen molar-refractivity contribution in [3.63, 3.8) is 0 Å². The summed E-state index contributed by atoms with van der Waals surface area (Å²) >= 11 is 11.9. The van der Waals surface area contributed by atoms with Gasteiger partial charge in [0.25, 0.3) is 0 Å². The van der Waals surface area contributed by atoms with Gasteiger partial charge in [-0.15, -0.1) is 0 Å². The van der Waals surface area contributed by atoms with Crippen molar-refractivity contribution < 1.29 is 23.0 Å². The number of aliphatic imine (C=N–C) groups is 1. The molecule has 0 heterocycles. The fraction of sp³-hybridized carbons (Fsp3) is 0.278. The van der Waals surface area contributed by atoms with E-state index in [0.29, 0.717) is 17.1 Å². The van der Waals surface area contributed by atoms with Crippen LogP contribution in [0.4, 0.5) is 8.78 Å². The lowest BCUT2D eigenvalue weighted by atomic mass is 10.2. The lowest BCUT2D eigenvalue weighted by Gasteiger charge is -2.14. The van der Waals surface area contributed by atoms with Crippen LogP contribution in [0.3, 0.4) is 0 Å². The molecule has 3 N–H and O–H groups in total. The predicted molar refractivity (Wildman–Crippen MR) is 105 cm³/mol. The van der Waals surface area contributed by atoms with Gasteiger partial charge in [-0.25, -0.2) is 4.99 Å². The molecular weight excluding hydrogens is 415 g/mol. The zero-order valence-corrected chi connectivity index (χ0v) is 16.7. The first-order valence-corrected chi connectivity index (χ1v) is 8.77. The molecule has 0 unspecified atom stereocenters. The highest BCUT2D eigenvalue weighted by Gasteiger charge is 2.15. The zero-order chi connectivity index (χ0) is 20.7. The van der Waals surface area contributed by atoms with Crippen LogP contribution in [0.25, 0.3) is 0 Å². The van der Waals surface area contributed by atoms with E-state index in [0.717, 1.165) is 5.56 Å². The first-order chi connectivity index (χ1) is 13.3. The van der Waals surface area contributed by atoms with E-state index in [-0.39, 0.29) is 34.8 Å². The van der Waals surface area contributed by atoms with E-state index >= 15 is 0 Å². The molecule has 2 aromatic rings. The Labute approximate surface area is 171 Å². The number of guanidine groups is 1. The molecule has 0 radical (unpaired) electrons. The van der Waals surface area contributed by atoms with Gasteiger partial charge in [0.1, 0.15) is 5.75 Å². The Hall–Kier alpha value is -2.45. The van der Waals surface area contributed by atoms with Crippen LogP contribution in [-0.2, 0) is 13.1 Å². The summed E-state index contributed by atoms with van der Waals surface area (Å²) in [7, 11) is 3.09. The van der Waals surface area contributed by atoms with Gasteiger partial charge in [-0.05, 0) is 29.8 Å². The average molecular weight is 434 g/mol. The molecule has 0 amide bonds. The van der Waals surface area contributed by atoms with Gasteiger partial charge in [0.05, 0.1) is 25.8 Å². The molecule has 0 spiro atoms. The SMILES string of the molecule is COc1ccc(CN=C(N)NCc2cc(Cl)cc(Cl)c2OC(F)F)cc1OC. The maximum Gasteiger partial charge on any atom is 0.387 e. The molecule has 2 aromatic carbocycles. The van der Waals surface area contributed by atoms with Gasteiger partial charge in [-0.2, -0.15) is 8.78 Å². The monoisotopic (exact) mass is 433 g/mol. The first-order valence-electron chi connectivity index (χ1n) is 8.01. The van der Waals surface area contributed by atoms with Crippen LogP contribution in [0.1, 0.15) is 11.1 Å². The summed E-state index contributed by atoms with van der Waals surface area (Å²) in [6.07, 6.45) is 0. The molecule has 0 atom stereocenters. The number of ether oxygens (including phenoxy) is 3. The molecule has 0 aromatic heterocycles. The zero-order valence-electron chi connectivity index (χ0n) is 15.1. The second kappa shape index (κ2) is 10.2. The van der Waals surface area contributed by atoms with Crippen molar-refractivity contribution in [1.82, 2.24) is 5.32 Å². The molecule has 10 heteroatoms. The van der Waals surface area contributed by atoms with Gasteiger partial charge in [0.2, 0.25) is 0 Å². The topological polar surface area (TPSA) is 78.1 Å². The van der Waals surface area contributed by atoms with Crippen molar-refractivity contribution >= 4 is 29.2 Å². The number of alkyl halides is 2. The largest absolute Gasteiger partial charge is 0.493 e. The number of hydrogen-bond acceptors (Lipinski definition) is 4. The van der Waals surface area contributed by atoms with Crippen LogP contribution in [0.2, 0.25) is 10.0 Å². The number of nitrogens with two attached hydrogens (primary N) is 1. The highest BCUT2D eigenvalue weighted by molar-refractivity contribution is 6.35. The van der Waals surface area contributed by atoms with Crippen molar-refractivity contribution in [1.29, 1.82) is 0 Å². The van der Waals surface area contributed by atoms with Gasteiger partial charge in [-0.3, -0.25) is 0 Å². The summed E-state index contributed by atoms with van der Waals surface area (Å²) in [5, 5.41) is 3.08. The molecular formula is C18H19Cl2F2N3O3. The van der Waals surface area contributed by atoms with Gasteiger partial charge in [0.15, 0.2) is 17.5 Å². The molecule has 2 rings (SSSR count). The fourth-order valence-electron chi connectivity index (χ4n) is 2.36. The molecule has 0 saturated heterocycles. The third-order valence-electron chi connectivity index (χ3n) is 3.63. The Morgan fingerprint density at radius 3 is 2.50 bits per heavy atom. The second-order valence-electron chi connectivity index (χ2n) is 5.50. The van der Waals surface area contributed by atoms with Crippen LogP contribution in [0, 0.1) is 0 Å². The minimum atomic E-state index is -3.02. The number of halogens is 4. The lowest BCUT2D eigenvalue weighted by molar-refractivity contribution is -0.0504. The molecule has 28 heavy (non-hydrogen) atoms. The van der Waals surface area contributed by atoms with Gasteiger partial charge in [-0.1, -0.05) is 29.3 Å². The Balaban J connectivity index is 2.07. The summed E-state index contributed by atoms with van der Waals surface area (Å²) in [4.78, 5) is 4.21. The third kappa shape index (κ3) is 6.03. The van der Waals surface area contributed by atoms with E-state index in [1.807, 2.05) is 6.07 Å². The van der Waals surface area contributed by atoms with Crippen molar-refractivity contribution in [2.24, 2.45) is 10.7 Å². The first kappa shape index (κ1) is 21.8. The minimum absolute atomic E-state index is 0.0227. The van der Waals surface area contributed by atoms with E-state index < -0.39 is 6.61 Å². The standard InChI is InChI=1S/C18H19Cl2F2N3O3/c1-26-14-4-3-10(5-15(14)27-2)8-24-18(23)25-9-11-6-12(19)7-13(20)16(11)28-17(21)22/h3-7,17H,8-9H2,1-2H3,(H3,23,24,25). The Morgan fingerprint density at radius 1 is 1.14 bits per heavy atom. The maximum absolute atomic E-state index is 12.6. The summed E-state index contributed by atoms with van der Waals surface area (Å²) in [5.41, 5.74) is 7.02. The minimum Gasteiger partial charge on any atom is -0.493 e. The molecule has 0 fully saturated rings. The van der Waals surface area contributed by atoms with Crippen molar-refractivity contribution in [2.75, 3.05) is 14.2 Å². The maximum atomic E-state index is 12.6. The number of nitrogens with zero attached hydrogens (tertiary/aromatic N) is 1. The van der Waals surface area contributed by atoms with Crippen molar-refractivity contribution in [3.8, 4) is 17.2 Å². The van der Waals surface area contributed by atoms with E-state index in [1.165, 1.54) is 19.2 Å². The van der Waals surface area contributed by atoms with Crippen LogP contribution in [0.5, 0.6) is 17.2 Å². The van der Waals surface area contributed by atoms with E-state index in [2.05, 4.69) is 15.0 Å². The van der Waals surface area contributed by atoms with Gasteiger partial charge < -0.3 is 25.3 Å². The van der Waals surface area contributed by atoms with E-state index in [1.54, 1.807) is 19.2 Å². The number of nitrogens with one attached hydrogen (secondary N) is 1. The quantitative estimate of drug-likeness (QED) is 0.481. The third-order valence-corrected chi connectivity index (χ3v) is 4.13. The number of rotatable bonds is 8. The van der Waals surface area contributed by atoms with Crippen LogP contribution in [0.15, 0.2) is 35.3 Å². The Kier molecular flexibility index (Phi) is 7.95. The van der Waals surface area contributed by atoms with Crippen molar-refractivity contribution in [3.05, 3.63) is 51.5 Å². The molecule has 0 aliphatic carbocycles. The van der Waals surface area contributed by atoms with Gasteiger partial charge in [0, 0.05) is 17.1 Å². The number of hydrogen-bond donors (Lipinski definition) is 2. The fourth-order valence-corrected chi connectivity index (χ4v) is 2.94. The molecule has 0 bridgehead atoms. The highest BCUT2D eigenvalue weighted by Crippen LogP contribution is 2.33. The summed E-state index contributed by atoms with van der Waals surface area (Å²) in [5.74, 6) is 1.12. The van der Waals surface area contributed by atoms with Crippen LogP contribution < -0.4 is 25.3 Å². The number of methoxy groups -OCH3 is 2. The van der Waals surface area contributed by atoms with Crippen LogP contribution in [-0.4, -0.2) is 26.8 Å². The lowest BCUT2D eigenvalue weighted by Crippen LogP contribution is -2.31. The summed E-state index contributed by atoms with van der Waals surface area (Å²) in [6.45, 7) is -2.70. The summed E-state index contributed by atoms with van der Waals surface area (Å²) in [6, 6.07) is 8.14. The molecule has 6 nitrogen and oxygen atoms in total. The average Bonchev–Trinajstić information content (AvgIpc) is 2.66. The highest BCUT2D eigenvalue weighted by atomic mass is 35.5. The molecule has 0 aliphatic heterocycles. The van der Waals surface area contributed by atoms with E-state index in [4.69, 9.17) is 38.4 Å².